The average Bonchev–Trinajstić information content (AvgIpc) is 2.63. The fourth-order valence-electron chi connectivity index (χ4n) is 3.54. The zero-order valence-corrected chi connectivity index (χ0v) is 13.6. The summed E-state index contributed by atoms with van der Waals surface area (Å²) < 4.78 is 0. The van der Waals surface area contributed by atoms with E-state index >= 15 is 0 Å². The van der Waals surface area contributed by atoms with Crippen molar-refractivity contribution in [2.24, 2.45) is 0 Å². The van der Waals surface area contributed by atoms with Crippen LogP contribution in [0.1, 0.15) is 41.9 Å². The largest absolute Gasteiger partial charge is 0.303 e. The van der Waals surface area contributed by atoms with Crippen LogP contribution >= 0.6 is 0 Å². The van der Waals surface area contributed by atoms with Crippen molar-refractivity contribution >= 4 is 0 Å². The first-order chi connectivity index (χ1) is 11.3. The van der Waals surface area contributed by atoms with Gasteiger partial charge >= 0.3 is 0 Å². The van der Waals surface area contributed by atoms with Gasteiger partial charge in [0.2, 0.25) is 0 Å². The zero-order valence-electron chi connectivity index (χ0n) is 13.6. The minimum atomic E-state index is 0.578. The molecule has 1 heterocycles. The lowest BCUT2D eigenvalue weighted by molar-refractivity contribution is 0.206. The van der Waals surface area contributed by atoms with Gasteiger partial charge in [-0.15, -0.1) is 0 Å². The number of aryl methyl sites for hydroxylation is 1. The predicted octanol–water partition coefficient (Wildman–Crippen LogP) is 4.37. The van der Waals surface area contributed by atoms with Gasteiger partial charge in [0.25, 0.3) is 0 Å². The van der Waals surface area contributed by atoms with Gasteiger partial charge in [-0.05, 0) is 68.0 Å². The van der Waals surface area contributed by atoms with Crippen LogP contribution in [0.3, 0.4) is 0 Å². The molecular formula is C21H24N2. The minimum Gasteiger partial charge on any atom is -0.303 e. The lowest BCUT2D eigenvalue weighted by Crippen LogP contribution is -2.35. The molecule has 2 heteroatoms. The van der Waals surface area contributed by atoms with E-state index in [0.717, 1.165) is 18.5 Å². The molecular weight excluding hydrogens is 280 g/mol. The third-order valence-electron chi connectivity index (χ3n) is 4.78. The van der Waals surface area contributed by atoms with Crippen LogP contribution in [0.15, 0.2) is 54.6 Å². The summed E-state index contributed by atoms with van der Waals surface area (Å²) in [4.78, 5) is 2.59. The number of nitrogens with zero attached hydrogens (tertiary/aromatic N) is 2. The number of nitriles is 1. The lowest BCUT2D eigenvalue weighted by Gasteiger charge is -2.33. The van der Waals surface area contributed by atoms with E-state index in [9.17, 15) is 0 Å². The highest BCUT2D eigenvalue weighted by Gasteiger charge is 2.21. The van der Waals surface area contributed by atoms with E-state index in [-0.39, 0.29) is 0 Å². The van der Waals surface area contributed by atoms with Crippen LogP contribution in [0, 0.1) is 11.3 Å². The predicted molar refractivity (Wildman–Crippen MR) is 94.3 cm³/mol. The molecule has 0 aliphatic carbocycles. The molecule has 0 radical (unpaired) electrons. The van der Waals surface area contributed by atoms with Crippen molar-refractivity contribution in [2.75, 3.05) is 19.6 Å². The van der Waals surface area contributed by atoms with Crippen LogP contribution in [-0.2, 0) is 6.42 Å². The highest BCUT2D eigenvalue weighted by Crippen LogP contribution is 2.27. The number of benzene rings is 2. The summed E-state index contributed by atoms with van der Waals surface area (Å²) in [5.74, 6) is 0.578. The molecule has 0 unspecified atom stereocenters. The first-order valence-corrected chi connectivity index (χ1v) is 8.61. The summed E-state index contributed by atoms with van der Waals surface area (Å²) in [6.45, 7) is 3.51. The SMILES string of the molecule is N#Cc1cccc([C@@H]2CCCN(CCCc3ccccc3)C2)c1. The molecule has 0 aromatic heterocycles. The van der Waals surface area contributed by atoms with E-state index in [2.05, 4.69) is 53.4 Å². The molecule has 23 heavy (non-hydrogen) atoms. The Morgan fingerprint density at radius 2 is 1.96 bits per heavy atom. The summed E-state index contributed by atoms with van der Waals surface area (Å²) >= 11 is 0. The summed E-state index contributed by atoms with van der Waals surface area (Å²) in [6.07, 6.45) is 4.87. The number of piperidine rings is 1. The maximum Gasteiger partial charge on any atom is 0.0991 e. The molecule has 2 aromatic rings. The van der Waals surface area contributed by atoms with Crippen LogP contribution in [0.4, 0.5) is 0 Å². The molecule has 1 atom stereocenters. The van der Waals surface area contributed by atoms with Gasteiger partial charge in [0.15, 0.2) is 0 Å². The zero-order chi connectivity index (χ0) is 15.9. The second-order valence-corrected chi connectivity index (χ2v) is 6.47. The standard InChI is InChI=1S/C21H24N2/c22-16-19-9-4-11-20(15-19)21-12-6-14-23(17-21)13-5-10-18-7-2-1-3-8-18/h1-4,7-9,11,15,21H,5-6,10,12-14,17H2/t21-/m1/s1. The van der Waals surface area contributed by atoms with Crippen LogP contribution in [0.25, 0.3) is 0 Å². The average molecular weight is 304 g/mol. The van der Waals surface area contributed by atoms with Crippen molar-refractivity contribution in [3.63, 3.8) is 0 Å². The minimum absolute atomic E-state index is 0.578. The van der Waals surface area contributed by atoms with E-state index < -0.39 is 0 Å². The van der Waals surface area contributed by atoms with Crippen molar-refractivity contribution in [3.05, 3.63) is 71.3 Å². The Labute approximate surface area is 139 Å². The molecule has 1 saturated heterocycles. The summed E-state index contributed by atoms with van der Waals surface area (Å²) in [5.41, 5.74) is 3.54. The number of hydrogen-bond donors (Lipinski definition) is 0. The number of likely N-dealkylation sites (tertiary alicyclic amines) is 1. The van der Waals surface area contributed by atoms with Crippen molar-refractivity contribution in [3.8, 4) is 6.07 Å². The molecule has 1 aliphatic heterocycles. The Morgan fingerprint density at radius 1 is 1.09 bits per heavy atom. The van der Waals surface area contributed by atoms with Crippen molar-refractivity contribution in [1.29, 1.82) is 5.26 Å². The Morgan fingerprint density at radius 3 is 2.78 bits per heavy atom. The van der Waals surface area contributed by atoms with Crippen LogP contribution in [-0.4, -0.2) is 24.5 Å². The number of hydrogen-bond acceptors (Lipinski definition) is 2. The Balaban J connectivity index is 1.53. The van der Waals surface area contributed by atoms with Gasteiger partial charge in [-0.25, -0.2) is 0 Å². The molecule has 3 rings (SSSR count). The second kappa shape index (κ2) is 7.94. The molecule has 1 aliphatic rings. The van der Waals surface area contributed by atoms with Crippen LogP contribution in [0.2, 0.25) is 0 Å². The normalized spacial score (nSPS) is 18.5. The maximum atomic E-state index is 9.08. The Kier molecular flexibility index (Phi) is 5.45. The van der Waals surface area contributed by atoms with E-state index in [1.807, 2.05) is 12.1 Å². The van der Waals surface area contributed by atoms with Gasteiger partial charge < -0.3 is 4.90 Å². The molecule has 0 N–H and O–H groups in total. The quantitative estimate of drug-likeness (QED) is 0.820. The fraction of sp³-hybridized carbons (Fsp3) is 0.381. The first-order valence-electron chi connectivity index (χ1n) is 8.61. The van der Waals surface area contributed by atoms with E-state index in [1.165, 1.54) is 43.5 Å². The molecule has 0 saturated carbocycles. The third-order valence-corrected chi connectivity index (χ3v) is 4.78. The lowest BCUT2D eigenvalue weighted by atomic mass is 9.89. The summed E-state index contributed by atoms with van der Waals surface area (Å²) in [6, 6.07) is 21.2. The Bertz CT molecular complexity index is 657. The molecule has 118 valence electrons. The second-order valence-electron chi connectivity index (χ2n) is 6.47. The van der Waals surface area contributed by atoms with E-state index in [4.69, 9.17) is 5.26 Å². The summed E-state index contributed by atoms with van der Waals surface area (Å²) in [5, 5.41) is 9.08. The van der Waals surface area contributed by atoms with Gasteiger partial charge in [-0.3, -0.25) is 0 Å². The topological polar surface area (TPSA) is 27.0 Å². The fourth-order valence-corrected chi connectivity index (χ4v) is 3.54. The van der Waals surface area contributed by atoms with Crippen molar-refractivity contribution < 1.29 is 0 Å². The maximum absolute atomic E-state index is 9.08. The Hall–Kier alpha value is -2.11. The monoisotopic (exact) mass is 304 g/mol. The highest BCUT2D eigenvalue weighted by molar-refractivity contribution is 5.34. The van der Waals surface area contributed by atoms with Gasteiger partial charge in [0.05, 0.1) is 11.6 Å². The smallest absolute Gasteiger partial charge is 0.0991 e. The van der Waals surface area contributed by atoms with E-state index in [1.54, 1.807) is 0 Å². The summed E-state index contributed by atoms with van der Waals surface area (Å²) in [7, 11) is 0. The van der Waals surface area contributed by atoms with Crippen molar-refractivity contribution in [2.45, 2.75) is 31.6 Å². The van der Waals surface area contributed by atoms with Crippen LogP contribution < -0.4 is 0 Å². The molecule has 0 amide bonds. The van der Waals surface area contributed by atoms with Gasteiger partial charge in [0, 0.05) is 6.54 Å². The molecule has 0 spiro atoms. The van der Waals surface area contributed by atoms with Gasteiger partial charge in [0.1, 0.15) is 0 Å². The van der Waals surface area contributed by atoms with Gasteiger partial charge in [-0.1, -0.05) is 42.5 Å². The number of rotatable bonds is 5. The first kappa shape index (κ1) is 15.8. The highest BCUT2D eigenvalue weighted by atomic mass is 15.1. The molecule has 2 nitrogen and oxygen atoms in total. The molecule has 1 fully saturated rings. The third kappa shape index (κ3) is 4.43. The molecule has 0 bridgehead atoms. The van der Waals surface area contributed by atoms with Crippen LogP contribution in [0.5, 0.6) is 0 Å². The molecule has 2 aromatic carbocycles. The van der Waals surface area contributed by atoms with E-state index in [0.29, 0.717) is 5.92 Å². The van der Waals surface area contributed by atoms with Crippen molar-refractivity contribution in [1.82, 2.24) is 4.90 Å². The van der Waals surface area contributed by atoms with Gasteiger partial charge in [-0.2, -0.15) is 5.26 Å².